The van der Waals surface area contributed by atoms with E-state index >= 15 is 0 Å². The van der Waals surface area contributed by atoms with Crippen molar-refractivity contribution in [3.63, 3.8) is 0 Å². The second-order valence-corrected chi connectivity index (χ2v) is 6.42. The van der Waals surface area contributed by atoms with Crippen LogP contribution in [0.4, 0.5) is 4.39 Å². The fourth-order valence-electron chi connectivity index (χ4n) is 3.14. The fourth-order valence-corrected chi connectivity index (χ4v) is 3.33. The molecule has 0 radical (unpaired) electrons. The molecule has 19 heavy (non-hydrogen) atoms. The van der Waals surface area contributed by atoms with Gasteiger partial charge in [-0.25, -0.2) is 4.39 Å². The number of nitrogens with zero attached hydrogens (tertiary/aromatic N) is 1. The molecule has 1 unspecified atom stereocenters. The molecule has 1 aromatic carbocycles. The number of rotatable bonds is 3. The van der Waals surface area contributed by atoms with Gasteiger partial charge in [0.1, 0.15) is 5.82 Å². The van der Waals surface area contributed by atoms with Crippen LogP contribution in [-0.2, 0) is 6.54 Å². The van der Waals surface area contributed by atoms with Crippen LogP contribution in [0.2, 0.25) is 5.02 Å². The van der Waals surface area contributed by atoms with Crippen LogP contribution < -0.4 is 5.32 Å². The van der Waals surface area contributed by atoms with Crippen molar-refractivity contribution in [1.29, 1.82) is 0 Å². The van der Waals surface area contributed by atoms with Crippen LogP contribution in [0.5, 0.6) is 0 Å². The molecule has 1 saturated carbocycles. The standard InChI is InChI=1S/C15H20ClFN2/c1-15(12-5-6-12)10-19(8-7-18-15)9-11-3-2-4-13(17)14(11)16/h2-4,12,18H,5-10H2,1H3. The first-order chi connectivity index (χ1) is 9.08. The van der Waals surface area contributed by atoms with Crippen LogP contribution in [0.25, 0.3) is 0 Å². The number of hydrogen-bond acceptors (Lipinski definition) is 2. The third-order valence-electron chi connectivity index (χ3n) is 4.41. The Bertz CT molecular complexity index is 475. The SMILES string of the molecule is CC1(C2CC2)CN(Cc2cccc(F)c2Cl)CCN1. The van der Waals surface area contributed by atoms with Crippen molar-refractivity contribution in [2.75, 3.05) is 19.6 Å². The maximum atomic E-state index is 13.5. The summed E-state index contributed by atoms with van der Waals surface area (Å²) < 4.78 is 13.5. The van der Waals surface area contributed by atoms with Gasteiger partial charge in [-0.2, -0.15) is 0 Å². The summed E-state index contributed by atoms with van der Waals surface area (Å²) in [5, 5.41) is 3.92. The number of nitrogens with one attached hydrogen (secondary N) is 1. The molecule has 1 atom stereocenters. The van der Waals surface area contributed by atoms with Crippen LogP contribution in [0.15, 0.2) is 18.2 Å². The fraction of sp³-hybridized carbons (Fsp3) is 0.600. The molecule has 0 bridgehead atoms. The topological polar surface area (TPSA) is 15.3 Å². The molecule has 1 aliphatic heterocycles. The lowest BCUT2D eigenvalue weighted by atomic mass is 9.92. The molecule has 104 valence electrons. The summed E-state index contributed by atoms with van der Waals surface area (Å²) >= 11 is 6.04. The Balaban J connectivity index is 1.71. The Morgan fingerprint density at radius 3 is 3.00 bits per heavy atom. The summed E-state index contributed by atoms with van der Waals surface area (Å²) in [7, 11) is 0. The molecule has 2 nitrogen and oxygen atoms in total. The number of benzene rings is 1. The minimum Gasteiger partial charge on any atom is -0.309 e. The predicted molar refractivity (Wildman–Crippen MR) is 75.8 cm³/mol. The summed E-state index contributed by atoms with van der Waals surface area (Å²) in [4.78, 5) is 2.38. The van der Waals surface area contributed by atoms with E-state index in [4.69, 9.17) is 11.6 Å². The first-order valence-corrected chi connectivity index (χ1v) is 7.36. The summed E-state index contributed by atoms with van der Waals surface area (Å²) in [6.07, 6.45) is 2.66. The Hall–Kier alpha value is -0.640. The first-order valence-electron chi connectivity index (χ1n) is 6.99. The van der Waals surface area contributed by atoms with Crippen molar-refractivity contribution in [2.45, 2.75) is 31.8 Å². The summed E-state index contributed by atoms with van der Waals surface area (Å²) in [6, 6.07) is 5.07. The van der Waals surface area contributed by atoms with E-state index in [1.807, 2.05) is 6.07 Å². The third-order valence-corrected chi connectivity index (χ3v) is 4.84. The van der Waals surface area contributed by atoms with Gasteiger partial charge in [0.25, 0.3) is 0 Å². The van der Waals surface area contributed by atoms with Crippen LogP contribution in [0.1, 0.15) is 25.3 Å². The molecule has 2 fully saturated rings. The highest BCUT2D eigenvalue weighted by Crippen LogP contribution is 2.41. The van der Waals surface area contributed by atoms with Crippen LogP contribution >= 0.6 is 11.6 Å². The van der Waals surface area contributed by atoms with Gasteiger partial charge in [-0.05, 0) is 37.3 Å². The molecule has 0 amide bonds. The Morgan fingerprint density at radius 2 is 2.26 bits per heavy atom. The van der Waals surface area contributed by atoms with E-state index in [9.17, 15) is 4.39 Å². The second kappa shape index (κ2) is 5.04. The quantitative estimate of drug-likeness (QED) is 0.917. The van der Waals surface area contributed by atoms with Crippen molar-refractivity contribution in [3.05, 3.63) is 34.6 Å². The Kier molecular flexibility index (Phi) is 3.54. The highest BCUT2D eigenvalue weighted by atomic mass is 35.5. The molecule has 1 heterocycles. The number of piperazine rings is 1. The molecular weight excluding hydrogens is 263 g/mol. The van der Waals surface area contributed by atoms with E-state index in [1.54, 1.807) is 6.07 Å². The van der Waals surface area contributed by atoms with Crippen molar-refractivity contribution >= 4 is 11.6 Å². The highest BCUT2D eigenvalue weighted by molar-refractivity contribution is 6.31. The molecular formula is C15H20ClFN2. The summed E-state index contributed by atoms with van der Waals surface area (Å²) in [6.45, 7) is 6.06. The first kappa shape index (κ1) is 13.3. The van der Waals surface area contributed by atoms with Gasteiger partial charge >= 0.3 is 0 Å². The van der Waals surface area contributed by atoms with E-state index in [0.29, 0.717) is 0 Å². The lowest BCUT2D eigenvalue weighted by Crippen LogP contribution is -2.59. The largest absolute Gasteiger partial charge is 0.309 e. The number of hydrogen-bond donors (Lipinski definition) is 1. The van der Waals surface area contributed by atoms with Crippen LogP contribution in [0, 0.1) is 11.7 Å². The van der Waals surface area contributed by atoms with E-state index in [-0.39, 0.29) is 16.4 Å². The zero-order valence-electron chi connectivity index (χ0n) is 11.3. The highest BCUT2D eigenvalue weighted by Gasteiger charge is 2.43. The number of halogens is 2. The second-order valence-electron chi connectivity index (χ2n) is 6.04. The van der Waals surface area contributed by atoms with Crippen molar-refractivity contribution in [1.82, 2.24) is 10.2 Å². The normalized spacial score (nSPS) is 28.6. The van der Waals surface area contributed by atoms with E-state index < -0.39 is 0 Å². The summed E-state index contributed by atoms with van der Waals surface area (Å²) in [5.74, 6) is 0.484. The molecule has 0 aromatic heterocycles. The molecule has 4 heteroatoms. The molecule has 0 spiro atoms. The minimum absolute atomic E-state index is 0.220. The molecule has 2 aliphatic rings. The van der Waals surface area contributed by atoms with Gasteiger partial charge in [-0.3, -0.25) is 4.90 Å². The van der Waals surface area contributed by atoms with Crippen molar-refractivity contribution in [2.24, 2.45) is 5.92 Å². The third kappa shape index (κ3) is 2.78. The van der Waals surface area contributed by atoms with Crippen LogP contribution in [0.3, 0.4) is 0 Å². The van der Waals surface area contributed by atoms with Gasteiger partial charge in [-0.15, -0.1) is 0 Å². The smallest absolute Gasteiger partial charge is 0.142 e. The molecule has 1 N–H and O–H groups in total. The average molecular weight is 283 g/mol. The zero-order chi connectivity index (χ0) is 13.5. The van der Waals surface area contributed by atoms with Crippen molar-refractivity contribution in [3.8, 4) is 0 Å². The van der Waals surface area contributed by atoms with E-state index in [2.05, 4.69) is 17.1 Å². The molecule has 1 saturated heterocycles. The Morgan fingerprint density at radius 1 is 1.47 bits per heavy atom. The zero-order valence-corrected chi connectivity index (χ0v) is 12.0. The van der Waals surface area contributed by atoms with Gasteiger partial charge in [0, 0.05) is 31.7 Å². The lowest BCUT2D eigenvalue weighted by Gasteiger charge is -2.42. The van der Waals surface area contributed by atoms with Gasteiger partial charge in [0.2, 0.25) is 0 Å². The average Bonchev–Trinajstić information content (AvgIpc) is 3.20. The van der Waals surface area contributed by atoms with Crippen molar-refractivity contribution < 1.29 is 4.39 Å². The molecule has 3 rings (SSSR count). The maximum Gasteiger partial charge on any atom is 0.142 e. The monoisotopic (exact) mass is 282 g/mol. The minimum atomic E-state index is -0.320. The predicted octanol–water partition coefficient (Wildman–Crippen LogP) is 3.05. The van der Waals surface area contributed by atoms with E-state index in [0.717, 1.165) is 37.7 Å². The van der Waals surface area contributed by atoms with Gasteiger partial charge < -0.3 is 5.32 Å². The summed E-state index contributed by atoms with van der Waals surface area (Å²) in [5.41, 5.74) is 1.11. The van der Waals surface area contributed by atoms with Crippen LogP contribution in [-0.4, -0.2) is 30.1 Å². The lowest BCUT2D eigenvalue weighted by molar-refractivity contribution is 0.121. The van der Waals surface area contributed by atoms with Gasteiger partial charge in [0.15, 0.2) is 0 Å². The van der Waals surface area contributed by atoms with E-state index in [1.165, 1.54) is 18.9 Å². The van der Waals surface area contributed by atoms with Gasteiger partial charge in [0.05, 0.1) is 5.02 Å². The maximum absolute atomic E-state index is 13.5. The van der Waals surface area contributed by atoms with Gasteiger partial charge in [-0.1, -0.05) is 23.7 Å². The molecule has 1 aliphatic carbocycles. The Labute approximate surface area is 118 Å². The molecule has 1 aromatic rings.